The summed E-state index contributed by atoms with van der Waals surface area (Å²) in [4.78, 5) is 0.105. The molecular formula is C10H14BrNO4S. The molecule has 0 radical (unpaired) electrons. The summed E-state index contributed by atoms with van der Waals surface area (Å²) in [7, 11) is -3.68. The van der Waals surface area contributed by atoms with Crippen molar-refractivity contribution >= 4 is 26.0 Å². The molecule has 1 aromatic rings. The lowest BCUT2D eigenvalue weighted by Crippen LogP contribution is -2.34. The molecule has 96 valence electrons. The van der Waals surface area contributed by atoms with Crippen molar-refractivity contribution in [2.45, 2.75) is 17.9 Å². The maximum atomic E-state index is 11.9. The fraction of sp³-hybridized carbons (Fsp3) is 0.400. The third-order valence-electron chi connectivity index (χ3n) is 2.10. The molecule has 0 aliphatic carbocycles. The van der Waals surface area contributed by atoms with Gasteiger partial charge in [-0.15, -0.1) is 0 Å². The van der Waals surface area contributed by atoms with Gasteiger partial charge in [-0.05, 0) is 40.5 Å². The Morgan fingerprint density at radius 3 is 2.65 bits per heavy atom. The summed E-state index contributed by atoms with van der Waals surface area (Å²) in [5, 5.41) is 17.7. The second-order valence-corrected chi connectivity index (χ2v) is 6.21. The summed E-state index contributed by atoms with van der Waals surface area (Å²) in [5.41, 5.74) is 0.936. The number of sulfonamides is 1. The van der Waals surface area contributed by atoms with Crippen LogP contribution in [-0.2, 0) is 10.0 Å². The number of rotatable bonds is 5. The zero-order valence-electron chi connectivity index (χ0n) is 9.22. The van der Waals surface area contributed by atoms with Crippen LogP contribution in [-0.4, -0.2) is 37.9 Å². The molecule has 0 aliphatic rings. The van der Waals surface area contributed by atoms with Crippen LogP contribution in [0.2, 0.25) is 0 Å². The van der Waals surface area contributed by atoms with Crippen molar-refractivity contribution in [3.8, 4) is 0 Å². The SMILES string of the molecule is Cc1ccc(S(=O)(=O)NCC(O)CO)c(Br)c1. The minimum Gasteiger partial charge on any atom is -0.394 e. The molecule has 17 heavy (non-hydrogen) atoms. The fourth-order valence-electron chi connectivity index (χ4n) is 1.17. The van der Waals surface area contributed by atoms with Crippen LogP contribution in [0.25, 0.3) is 0 Å². The molecule has 7 heteroatoms. The van der Waals surface area contributed by atoms with Crippen LogP contribution >= 0.6 is 15.9 Å². The highest BCUT2D eigenvalue weighted by molar-refractivity contribution is 9.10. The molecule has 1 atom stereocenters. The van der Waals surface area contributed by atoms with E-state index in [1.54, 1.807) is 12.1 Å². The topological polar surface area (TPSA) is 86.6 Å². The molecule has 0 bridgehead atoms. The first-order chi connectivity index (χ1) is 7.86. The number of aryl methyl sites for hydroxylation is 1. The molecule has 0 aliphatic heterocycles. The molecule has 0 saturated carbocycles. The predicted molar refractivity (Wildman–Crippen MR) is 67.2 cm³/mol. The van der Waals surface area contributed by atoms with Gasteiger partial charge < -0.3 is 10.2 Å². The summed E-state index contributed by atoms with van der Waals surface area (Å²) in [6.07, 6.45) is -1.10. The van der Waals surface area contributed by atoms with Crippen molar-refractivity contribution in [2.24, 2.45) is 0 Å². The largest absolute Gasteiger partial charge is 0.394 e. The Balaban J connectivity index is 2.90. The molecule has 0 spiro atoms. The second-order valence-electron chi connectivity index (χ2n) is 3.62. The van der Waals surface area contributed by atoms with E-state index in [4.69, 9.17) is 10.2 Å². The number of hydrogen-bond acceptors (Lipinski definition) is 4. The van der Waals surface area contributed by atoms with Gasteiger partial charge in [0.2, 0.25) is 10.0 Å². The molecule has 3 N–H and O–H groups in total. The van der Waals surface area contributed by atoms with Crippen molar-refractivity contribution in [3.05, 3.63) is 28.2 Å². The van der Waals surface area contributed by atoms with E-state index in [9.17, 15) is 8.42 Å². The molecule has 0 fully saturated rings. The number of benzene rings is 1. The van der Waals surface area contributed by atoms with E-state index in [2.05, 4.69) is 20.7 Å². The van der Waals surface area contributed by atoms with Gasteiger partial charge in [0.25, 0.3) is 0 Å². The highest BCUT2D eigenvalue weighted by Crippen LogP contribution is 2.22. The molecule has 0 aromatic heterocycles. The second kappa shape index (κ2) is 5.92. The van der Waals surface area contributed by atoms with Crippen molar-refractivity contribution in [1.82, 2.24) is 4.72 Å². The molecular weight excluding hydrogens is 310 g/mol. The van der Waals surface area contributed by atoms with Gasteiger partial charge in [-0.1, -0.05) is 6.07 Å². The van der Waals surface area contributed by atoms with Crippen molar-refractivity contribution < 1.29 is 18.6 Å². The normalized spacial score (nSPS) is 13.6. The lowest BCUT2D eigenvalue weighted by Gasteiger charge is -2.11. The molecule has 0 saturated heterocycles. The standard InChI is InChI=1S/C10H14BrNO4S/c1-7-2-3-10(9(11)4-7)17(15,16)12-5-8(14)6-13/h2-4,8,12-14H,5-6H2,1H3. The molecule has 5 nitrogen and oxygen atoms in total. The van der Waals surface area contributed by atoms with Gasteiger partial charge in [0.05, 0.1) is 17.6 Å². The van der Waals surface area contributed by atoms with E-state index in [0.29, 0.717) is 4.47 Å². The first-order valence-electron chi connectivity index (χ1n) is 4.91. The Morgan fingerprint density at radius 1 is 1.47 bits per heavy atom. The van der Waals surface area contributed by atoms with Gasteiger partial charge in [-0.2, -0.15) is 0 Å². The van der Waals surface area contributed by atoms with Crippen LogP contribution in [0.5, 0.6) is 0 Å². The fourth-order valence-corrected chi connectivity index (χ4v) is 3.43. The molecule has 0 heterocycles. The van der Waals surface area contributed by atoms with Crippen LogP contribution in [0.4, 0.5) is 0 Å². The Bertz CT molecular complexity index is 489. The third kappa shape index (κ3) is 4.04. The smallest absolute Gasteiger partial charge is 0.241 e. The maximum Gasteiger partial charge on any atom is 0.241 e. The Morgan fingerprint density at radius 2 is 2.12 bits per heavy atom. The van der Waals surface area contributed by atoms with Gasteiger partial charge in [-0.3, -0.25) is 0 Å². The first kappa shape index (κ1) is 14.6. The van der Waals surface area contributed by atoms with Crippen LogP contribution < -0.4 is 4.72 Å². The molecule has 1 unspecified atom stereocenters. The Labute approximate surface area is 109 Å². The average molecular weight is 324 g/mol. The van der Waals surface area contributed by atoms with Gasteiger partial charge in [0.15, 0.2) is 0 Å². The van der Waals surface area contributed by atoms with Crippen LogP contribution in [0.3, 0.4) is 0 Å². The molecule has 1 aromatic carbocycles. The van der Waals surface area contributed by atoms with E-state index < -0.39 is 22.7 Å². The Hall–Kier alpha value is -0.470. The summed E-state index contributed by atoms with van der Waals surface area (Å²) in [6.45, 7) is 1.14. The first-order valence-corrected chi connectivity index (χ1v) is 7.19. The van der Waals surface area contributed by atoms with Crippen molar-refractivity contribution in [3.63, 3.8) is 0 Å². The predicted octanol–water partition coefficient (Wildman–Crippen LogP) is 0.389. The van der Waals surface area contributed by atoms with Gasteiger partial charge in [-0.25, -0.2) is 13.1 Å². The minimum atomic E-state index is -3.68. The van der Waals surface area contributed by atoms with E-state index in [1.165, 1.54) is 6.07 Å². The number of halogens is 1. The van der Waals surface area contributed by atoms with Crippen molar-refractivity contribution in [2.75, 3.05) is 13.2 Å². The quantitative estimate of drug-likeness (QED) is 0.731. The van der Waals surface area contributed by atoms with Crippen LogP contribution in [0.15, 0.2) is 27.6 Å². The number of aliphatic hydroxyl groups excluding tert-OH is 2. The lowest BCUT2D eigenvalue weighted by molar-refractivity contribution is 0.0988. The zero-order valence-corrected chi connectivity index (χ0v) is 11.6. The lowest BCUT2D eigenvalue weighted by atomic mass is 10.2. The summed E-state index contributed by atoms with van der Waals surface area (Å²) < 4.78 is 26.4. The summed E-state index contributed by atoms with van der Waals surface area (Å²) >= 11 is 3.18. The third-order valence-corrected chi connectivity index (χ3v) is 4.50. The van der Waals surface area contributed by atoms with Crippen LogP contribution in [0.1, 0.15) is 5.56 Å². The molecule has 1 rings (SSSR count). The van der Waals surface area contributed by atoms with E-state index in [1.807, 2.05) is 6.92 Å². The number of nitrogens with one attached hydrogen (secondary N) is 1. The minimum absolute atomic E-state index is 0.105. The van der Waals surface area contributed by atoms with Gasteiger partial charge in [0, 0.05) is 11.0 Å². The molecule has 0 amide bonds. The van der Waals surface area contributed by atoms with E-state index in [-0.39, 0.29) is 11.4 Å². The summed E-state index contributed by atoms with van der Waals surface area (Å²) in [6, 6.07) is 4.85. The maximum absolute atomic E-state index is 11.9. The van der Waals surface area contributed by atoms with Crippen LogP contribution in [0, 0.1) is 6.92 Å². The van der Waals surface area contributed by atoms with Gasteiger partial charge in [0.1, 0.15) is 0 Å². The number of aliphatic hydroxyl groups is 2. The Kier molecular flexibility index (Phi) is 5.08. The van der Waals surface area contributed by atoms with Crippen molar-refractivity contribution in [1.29, 1.82) is 0 Å². The van der Waals surface area contributed by atoms with E-state index >= 15 is 0 Å². The number of hydrogen-bond donors (Lipinski definition) is 3. The highest BCUT2D eigenvalue weighted by Gasteiger charge is 2.18. The zero-order chi connectivity index (χ0) is 13.1. The van der Waals surface area contributed by atoms with E-state index in [0.717, 1.165) is 5.56 Å². The monoisotopic (exact) mass is 323 g/mol. The van der Waals surface area contributed by atoms with Gasteiger partial charge >= 0.3 is 0 Å². The average Bonchev–Trinajstić information content (AvgIpc) is 2.25. The summed E-state index contributed by atoms with van der Waals surface area (Å²) in [5.74, 6) is 0. The highest BCUT2D eigenvalue weighted by atomic mass is 79.9.